The van der Waals surface area contributed by atoms with Crippen LogP contribution in [0.25, 0.3) is 5.76 Å². The molecule has 1 aliphatic heterocycles. The standard InChI is InChI=1S/C29H37NO6/c1-18(2)36-16-8-15-30-25(19-9-12-21(13-10-19)29(3,4)5)24(27(32)28(30)33)26(31)20-11-14-22(34-6)23(17-20)35-7/h9-14,17-18,25,31H,8,15-16H2,1-7H3/b26-24-. The Labute approximate surface area is 213 Å². The summed E-state index contributed by atoms with van der Waals surface area (Å²) in [7, 11) is 3.02. The maximum absolute atomic E-state index is 13.3. The van der Waals surface area contributed by atoms with Gasteiger partial charge in [-0.1, -0.05) is 45.0 Å². The minimum Gasteiger partial charge on any atom is -0.507 e. The Morgan fingerprint density at radius 3 is 2.19 bits per heavy atom. The lowest BCUT2D eigenvalue weighted by molar-refractivity contribution is -0.140. The number of rotatable bonds is 9. The third-order valence-electron chi connectivity index (χ3n) is 6.28. The molecule has 1 aliphatic rings. The molecule has 1 amide bonds. The Morgan fingerprint density at radius 2 is 1.64 bits per heavy atom. The molecule has 0 aromatic heterocycles. The predicted molar refractivity (Wildman–Crippen MR) is 139 cm³/mol. The molecule has 1 unspecified atom stereocenters. The Kier molecular flexibility index (Phi) is 8.46. The zero-order valence-electron chi connectivity index (χ0n) is 22.3. The highest BCUT2D eigenvalue weighted by Crippen LogP contribution is 2.41. The molecule has 1 N–H and O–H groups in total. The summed E-state index contributed by atoms with van der Waals surface area (Å²) in [4.78, 5) is 28.0. The van der Waals surface area contributed by atoms with Crippen LogP contribution in [0.2, 0.25) is 0 Å². The number of hydrogen-bond donors (Lipinski definition) is 1. The molecule has 1 saturated heterocycles. The summed E-state index contributed by atoms with van der Waals surface area (Å²) in [6.45, 7) is 11.1. The molecular weight excluding hydrogens is 458 g/mol. The number of carbonyl (C=O) groups is 2. The molecule has 0 spiro atoms. The van der Waals surface area contributed by atoms with E-state index in [4.69, 9.17) is 14.2 Å². The minimum atomic E-state index is -0.717. The highest BCUT2D eigenvalue weighted by molar-refractivity contribution is 6.46. The van der Waals surface area contributed by atoms with Crippen LogP contribution in [0.3, 0.4) is 0 Å². The maximum Gasteiger partial charge on any atom is 0.295 e. The number of benzene rings is 2. The number of aliphatic hydroxyl groups is 1. The van der Waals surface area contributed by atoms with Crippen molar-refractivity contribution < 1.29 is 28.9 Å². The zero-order chi connectivity index (χ0) is 26.6. The second-order valence-electron chi connectivity index (χ2n) is 10.2. The fourth-order valence-electron chi connectivity index (χ4n) is 4.32. The lowest BCUT2D eigenvalue weighted by Crippen LogP contribution is -2.31. The molecule has 0 aliphatic carbocycles. The van der Waals surface area contributed by atoms with E-state index in [2.05, 4.69) is 20.8 Å². The molecule has 0 bridgehead atoms. The molecule has 7 heteroatoms. The van der Waals surface area contributed by atoms with Crippen molar-refractivity contribution in [3.05, 3.63) is 64.7 Å². The first-order valence-corrected chi connectivity index (χ1v) is 12.2. The Bertz CT molecular complexity index is 1130. The van der Waals surface area contributed by atoms with Crippen LogP contribution in [0.4, 0.5) is 0 Å². The fraction of sp³-hybridized carbons (Fsp3) is 0.448. The first kappa shape index (κ1) is 27.3. The number of amides is 1. The van der Waals surface area contributed by atoms with Crippen LogP contribution in [-0.4, -0.2) is 55.2 Å². The normalized spacial score (nSPS) is 17.7. The van der Waals surface area contributed by atoms with Gasteiger partial charge in [-0.2, -0.15) is 0 Å². The molecule has 7 nitrogen and oxygen atoms in total. The maximum atomic E-state index is 13.3. The predicted octanol–water partition coefficient (Wildman–Crippen LogP) is 5.24. The summed E-state index contributed by atoms with van der Waals surface area (Å²) in [6.07, 6.45) is 0.643. The SMILES string of the molecule is COc1ccc(/C(O)=C2/C(=O)C(=O)N(CCCOC(C)C)C2c2ccc(C(C)(C)C)cc2)cc1OC. The number of methoxy groups -OCH3 is 2. The summed E-state index contributed by atoms with van der Waals surface area (Å²) in [5.41, 5.74) is 2.27. The minimum absolute atomic E-state index is 0.0474. The monoisotopic (exact) mass is 495 g/mol. The van der Waals surface area contributed by atoms with Gasteiger partial charge in [-0.25, -0.2) is 0 Å². The average Bonchev–Trinajstić information content (AvgIpc) is 3.10. The molecule has 1 atom stereocenters. The van der Waals surface area contributed by atoms with E-state index in [1.54, 1.807) is 18.2 Å². The summed E-state index contributed by atoms with van der Waals surface area (Å²) in [6, 6.07) is 12.0. The summed E-state index contributed by atoms with van der Waals surface area (Å²) >= 11 is 0. The van der Waals surface area contributed by atoms with Crippen molar-refractivity contribution in [1.82, 2.24) is 4.90 Å². The van der Waals surface area contributed by atoms with Gasteiger partial charge in [0.25, 0.3) is 11.7 Å². The summed E-state index contributed by atoms with van der Waals surface area (Å²) in [5.74, 6) is -0.690. The molecule has 2 aromatic rings. The zero-order valence-corrected chi connectivity index (χ0v) is 22.3. The van der Waals surface area contributed by atoms with Crippen LogP contribution in [-0.2, 0) is 19.7 Å². The number of Topliss-reactive ketones (excluding diaryl/α,β-unsaturated/α-hetero) is 1. The Balaban J connectivity index is 2.09. The molecule has 1 heterocycles. The van der Waals surface area contributed by atoms with Crippen molar-refractivity contribution >= 4 is 17.4 Å². The third kappa shape index (κ3) is 5.73. The first-order chi connectivity index (χ1) is 17.0. The van der Waals surface area contributed by atoms with Gasteiger partial charge in [0, 0.05) is 18.7 Å². The molecule has 0 radical (unpaired) electrons. The van der Waals surface area contributed by atoms with E-state index in [0.29, 0.717) is 36.6 Å². The van der Waals surface area contributed by atoms with Crippen molar-refractivity contribution in [1.29, 1.82) is 0 Å². The van der Waals surface area contributed by atoms with Gasteiger partial charge in [-0.15, -0.1) is 0 Å². The van der Waals surface area contributed by atoms with Crippen molar-refractivity contribution in [3.8, 4) is 11.5 Å². The van der Waals surface area contributed by atoms with Crippen LogP contribution in [0.15, 0.2) is 48.0 Å². The second kappa shape index (κ2) is 11.2. The van der Waals surface area contributed by atoms with E-state index in [9.17, 15) is 14.7 Å². The van der Waals surface area contributed by atoms with E-state index in [1.807, 2.05) is 38.1 Å². The van der Waals surface area contributed by atoms with E-state index in [-0.39, 0.29) is 22.9 Å². The summed E-state index contributed by atoms with van der Waals surface area (Å²) < 4.78 is 16.3. The molecule has 3 rings (SSSR count). The average molecular weight is 496 g/mol. The molecule has 0 saturated carbocycles. The van der Waals surface area contributed by atoms with Gasteiger partial charge in [0.1, 0.15) is 5.76 Å². The van der Waals surface area contributed by atoms with Gasteiger partial charge in [-0.05, 0) is 55.0 Å². The molecular formula is C29H37NO6. The largest absolute Gasteiger partial charge is 0.507 e. The summed E-state index contributed by atoms with van der Waals surface area (Å²) in [5, 5.41) is 11.3. The topological polar surface area (TPSA) is 85.3 Å². The van der Waals surface area contributed by atoms with Crippen LogP contribution in [0.5, 0.6) is 11.5 Å². The van der Waals surface area contributed by atoms with Gasteiger partial charge in [0.2, 0.25) is 0 Å². The van der Waals surface area contributed by atoms with Crippen LogP contribution in [0.1, 0.15) is 63.8 Å². The van der Waals surface area contributed by atoms with Gasteiger partial charge in [-0.3, -0.25) is 9.59 Å². The van der Waals surface area contributed by atoms with Gasteiger partial charge in [0.05, 0.1) is 31.9 Å². The molecule has 194 valence electrons. The van der Waals surface area contributed by atoms with Crippen LogP contribution in [0, 0.1) is 0 Å². The van der Waals surface area contributed by atoms with Crippen LogP contribution < -0.4 is 9.47 Å². The van der Waals surface area contributed by atoms with Crippen molar-refractivity contribution in [3.63, 3.8) is 0 Å². The number of ether oxygens (including phenoxy) is 3. The second-order valence-corrected chi connectivity index (χ2v) is 10.2. The quantitative estimate of drug-likeness (QED) is 0.222. The Hall–Kier alpha value is -3.32. The molecule has 36 heavy (non-hydrogen) atoms. The lowest BCUT2D eigenvalue weighted by Gasteiger charge is -2.26. The number of likely N-dealkylation sites (tertiary alicyclic amines) is 1. The smallest absolute Gasteiger partial charge is 0.295 e. The first-order valence-electron chi connectivity index (χ1n) is 12.2. The Morgan fingerprint density at radius 1 is 1.00 bits per heavy atom. The van der Waals surface area contributed by atoms with Gasteiger partial charge >= 0.3 is 0 Å². The van der Waals surface area contributed by atoms with Crippen molar-refractivity contribution in [2.24, 2.45) is 0 Å². The number of hydrogen-bond acceptors (Lipinski definition) is 6. The van der Waals surface area contributed by atoms with Crippen LogP contribution >= 0.6 is 0 Å². The highest BCUT2D eigenvalue weighted by atomic mass is 16.5. The van der Waals surface area contributed by atoms with Crippen molar-refractivity contribution in [2.45, 2.75) is 58.6 Å². The van der Waals surface area contributed by atoms with E-state index < -0.39 is 17.7 Å². The number of aliphatic hydroxyl groups excluding tert-OH is 1. The fourth-order valence-corrected chi connectivity index (χ4v) is 4.32. The molecule has 1 fully saturated rings. The number of ketones is 1. The highest BCUT2D eigenvalue weighted by Gasteiger charge is 2.45. The van der Waals surface area contributed by atoms with E-state index >= 15 is 0 Å². The third-order valence-corrected chi connectivity index (χ3v) is 6.28. The lowest BCUT2D eigenvalue weighted by atomic mass is 9.85. The van der Waals surface area contributed by atoms with Gasteiger partial charge < -0.3 is 24.2 Å². The molecule has 2 aromatic carbocycles. The van der Waals surface area contributed by atoms with E-state index in [0.717, 1.165) is 11.1 Å². The van der Waals surface area contributed by atoms with Gasteiger partial charge in [0.15, 0.2) is 11.5 Å². The van der Waals surface area contributed by atoms with Crippen molar-refractivity contribution in [2.75, 3.05) is 27.4 Å². The number of carbonyl (C=O) groups excluding carboxylic acids is 2. The van der Waals surface area contributed by atoms with E-state index in [1.165, 1.54) is 19.1 Å². The number of nitrogens with zero attached hydrogens (tertiary/aromatic N) is 1.